The van der Waals surface area contributed by atoms with E-state index in [1.807, 2.05) is 13.8 Å². The first-order valence-electron chi connectivity index (χ1n) is 6.25. The third-order valence-electron chi connectivity index (χ3n) is 2.39. The number of halogens is 1. The Hall–Kier alpha value is -1.03. The Morgan fingerprint density at radius 2 is 1.81 bits per heavy atom. The molecular weight excluding hydrogens is 321 g/mol. The van der Waals surface area contributed by atoms with E-state index in [1.165, 1.54) is 6.07 Å². The van der Waals surface area contributed by atoms with Crippen LogP contribution in [0.4, 0.5) is 3.89 Å². The molecule has 0 aromatic heterocycles. The number of sulfonamides is 1. The van der Waals surface area contributed by atoms with Gasteiger partial charge in [0.05, 0.1) is 16.4 Å². The van der Waals surface area contributed by atoms with E-state index >= 15 is 0 Å². The Labute approximate surface area is 124 Å². The molecule has 0 radical (unpaired) electrons. The second-order valence-corrected chi connectivity index (χ2v) is 7.89. The molecule has 0 fully saturated rings. The third-order valence-corrected chi connectivity index (χ3v) is 4.66. The molecule has 6 nitrogen and oxygen atoms in total. The molecule has 120 valence electrons. The smallest absolute Gasteiger partial charge is 0.332 e. The molecule has 21 heavy (non-hydrogen) atoms. The van der Waals surface area contributed by atoms with Gasteiger partial charge in [-0.25, -0.2) is 13.1 Å². The van der Waals surface area contributed by atoms with Crippen molar-refractivity contribution in [3.05, 3.63) is 24.3 Å². The summed E-state index contributed by atoms with van der Waals surface area (Å²) in [4.78, 5) is -1.01. The fraction of sp³-hybridized carbons (Fsp3) is 0.500. The van der Waals surface area contributed by atoms with Crippen molar-refractivity contribution >= 4 is 20.2 Å². The maximum Gasteiger partial charge on any atom is 0.332 e. The summed E-state index contributed by atoms with van der Waals surface area (Å²) in [6, 6.07) is 4.11. The normalized spacial score (nSPS) is 12.8. The molecule has 0 atom stereocenters. The van der Waals surface area contributed by atoms with Gasteiger partial charge in [-0.05, 0) is 24.1 Å². The number of hydrogen-bond acceptors (Lipinski definition) is 5. The monoisotopic (exact) mass is 339 g/mol. The van der Waals surface area contributed by atoms with Crippen LogP contribution in [0.15, 0.2) is 34.1 Å². The predicted octanol–water partition coefficient (Wildman–Crippen LogP) is 1.30. The Bertz CT molecular complexity index is 671. The van der Waals surface area contributed by atoms with Crippen molar-refractivity contribution in [3.63, 3.8) is 0 Å². The molecule has 0 saturated carbocycles. The van der Waals surface area contributed by atoms with Gasteiger partial charge in [0.25, 0.3) is 0 Å². The molecule has 1 aromatic carbocycles. The molecule has 0 saturated heterocycles. The van der Waals surface area contributed by atoms with E-state index in [-0.39, 0.29) is 18.0 Å². The van der Waals surface area contributed by atoms with Crippen LogP contribution in [0.1, 0.15) is 13.8 Å². The van der Waals surface area contributed by atoms with E-state index in [2.05, 4.69) is 4.72 Å². The highest BCUT2D eigenvalue weighted by molar-refractivity contribution is 7.89. The standard InChI is InChI=1S/C12H18FNO5S2/c1-10(2)9-19-7-6-14-21(17,18)12-5-3-4-11(8-12)20(13,15)16/h3-5,8,10,14H,6-7,9H2,1-2H3. The van der Waals surface area contributed by atoms with Crippen LogP contribution in [0.3, 0.4) is 0 Å². The average molecular weight is 339 g/mol. The number of benzene rings is 1. The van der Waals surface area contributed by atoms with Crippen LogP contribution in [0, 0.1) is 5.92 Å². The molecule has 1 aromatic rings. The summed E-state index contributed by atoms with van der Waals surface area (Å²) in [6.45, 7) is 4.68. The van der Waals surface area contributed by atoms with Gasteiger partial charge in [-0.3, -0.25) is 0 Å². The molecule has 0 aliphatic heterocycles. The lowest BCUT2D eigenvalue weighted by Crippen LogP contribution is -2.28. The molecule has 0 bridgehead atoms. The number of ether oxygens (including phenoxy) is 1. The molecule has 9 heteroatoms. The third kappa shape index (κ3) is 6.08. The molecule has 0 amide bonds. The molecule has 0 aliphatic rings. The molecular formula is C12H18FNO5S2. The number of rotatable bonds is 8. The SMILES string of the molecule is CC(C)COCCNS(=O)(=O)c1cccc(S(=O)(=O)F)c1. The molecule has 0 spiro atoms. The van der Waals surface area contributed by atoms with Crippen LogP contribution in [0.25, 0.3) is 0 Å². The van der Waals surface area contributed by atoms with E-state index in [1.54, 1.807) is 0 Å². The van der Waals surface area contributed by atoms with Crippen molar-refractivity contribution in [3.8, 4) is 0 Å². The van der Waals surface area contributed by atoms with Crippen LogP contribution >= 0.6 is 0 Å². The minimum Gasteiger partial charge on any atom is -0.380 e. The van der Waals surface area contributed by atoms with Gasteiger partial charge < -0.3 is 4.74 Å². The van der Waals surface area contributed by atoms with Gasteiger partial charge >= 0.3 is 10.2 Å². The van der Waals surface area contributed by atoms with Gasteiger partial charge in [0.2, 0.25) is 10.0 Å². The highest BCUT2D eigenvalue weighted by Crippen LogP contribution is 2.17. The Morgan fingerprint density at radius 3 is 2.38 bits per heavy atom. The predicted molar refractivity (Wildman–Crippen MR) is 75.6 cm³/mol. The molecule has 0 aliphatic carbocycles. The van der Waals surface area contributed by atoms with Gasteiger partial charge in [0.15, 0.2) is 0 Å². The van der Waals surface area contributed by atoms with Gasteiger partial charge in [-0.2, -0.15) is 8.42 Å². The van der Waals surface area contributed by atoms with Crippen molar-refractivity contribution in [2.24, 2.45) is 5.92 Å². The second-order valence-electron chi connectivity index (χ2n) is 4.78. The molecule has 1 rings (SSSR count). The quantitative estimate of drug-likeness (QED) is 0.569. The van der Waals surface area contributed by atoms with Crippen molar-refractivity contribution in [1.82, 2.24) is 4.72 Å². The van der Waals surface area contributed by atoms with Crippen molar-refractivity contribution in [2.75, 3.05) is 19.8 Å². The first-order chi connectivity index (χ1) is 9.63. The lowest BCUT2D eigenvalue weighted by Gasteiger charge is -2.09. The van der Waals surface area contributed by atoms with Gasteiger partial charge in [-0.1, -0.05) is 19.9 Å². The lowest BCUT2D eigenvalue weighted by atomic mass is 10.2. The summed E-state index contributed by atoms with van der Waals surface area (Å²) in [5, 5.41) is 0. The van der Waals surface area contributed by atoms with Crippen molar-refractivity contribution in [1.29, 1.82) is 0 Å². The zero-order chi connectivity index (χ0) is 16.1. The topological polar surface area (TPSA) is 89.5 Å². The van der Waals surface area contributed by atoms with E-state index in [0.717, 1.165) is 18.2 Å². The average Bonchev–Trinajstić information content (AvgIpc) is 2.37. The summed E-state index contributed by atoms with van der Waals surface area (Å²) in [5.74, 6) is 0.341. The van der Waals surface area contributed by atoms with Crippen LogP contribution in [0.5, 0.6) is 0 Å². The van der Waals surface area contributed by atoms with E-state index in [0.29, 0.717) is 12.5 Å². The Balaban J connectivity index is 2.71. The summed E-state index contributed by atoms with van der Waals surface area (Å²) >= 11 is 0. The summed E-state index contributed by atoms with van der Waals surface area (Å²) in [6.07, 6.45) is 0. The fourth-order valence-electron chi connectivity index (χ4n) is 1.44. The Morgan fingerprint density at radius 1 is 1.19 bits per heavy atom. The zero-order valence-corrected chi connectivity index (χ0v) is 13.4. The number of hydrogen-bond donors (Lipinski definition) is 1. The van der Waals surface area contributed by atoms with E-state index in [9.17, 15) is 20.7 Å². The zero-order valence-electron chi connectivity index (χ0n) is 11.7. The minimum absolute atomic E-state index is 0.0433. The van der Waals surface area contributed by atoms with Crippen LogP contribution in [0.2, 0.25) is 0 Å². The minimum atomic E-state index is -4.94. The van der Waals surface area contributed by atoms with Crippen LogP contribution in [-0.4, -0.2) is 36.6 Å². The van der Waals surface area contributed by atoms with Crippen LogP contribution in [-0.2, 0) is 25.0 Å². The first kappa shape index (κ1) is 18.0. The molecule has 0 heterocycles. The molecule has 1 N–H and O–H groups in total. The van der Waals surface area contributed by atoms with Crippen molar-refractivity contribution < 1.29 is 25.5 Å². The Kier molecular flexibility index (Phi) is 6.26. The van der Waals surface area contributed by atoms with E-state index < -0.39 is 25.1 Å². The molecule has 0 unspecified atom stereocenters. The highest BCUT2D eigenvalue weighted by atomic mass is 32.3. The first-order valence-corrected chi connectivity index (χ1v) is 9.12. The van der Waals surface area contributed by atoms with Crippen LogP contribution < -0.4 is 4.72 Å². The summed E-state index contributed by atoms with van der Waals surface area (Å²) in [7, 11) is -8.85. The van der Waals surface area contributed by atoms with Gasteiger partial charge in [-0.15, -0.1) is 3.89 Å². The maximum atomic E-state index is 12.9. The highest BCUT2D eigenvalue weighted by Gasteiger charge is 2.18. The van der Waals surface area contributed by atoms with Crippen molar-refractivity contribution in [2.45, 2.75) is 23.6 Å². The summed E-state index contributed by atoms with van der Waals surface area (Å²) < 4.78 is 65.7. The lowest BCUT2D eigenvalue weighted by molar-refractivity contribution is 0.114. The van der Waals surface area contributed by atoms with E-state index in [4.69, 9.17) is 4.74 Å². The van der Waals surface area contributed by atoms with Gasteiger partial charge in [0, 0.05) is 13.2 Å². The number of nitrogens with one attached hydrogen (secondary N) is 1. The summed E-state index contributed by atoms with van der Waals surface area (Å²) in [5.41, 5.74) is 0. The maximum absolute atomic E-state index is 12.9. The largest absolute Gasteiger partial charge is 0.380 e. The second kappa shape index (κ2) is 7.30. The fourth-order valence-corrected chi connectivity index (χ4v) is 3.09. The van der Waals surface area contributed by atoms with Gasteiger partial charge in [0.1, 0.15) is 0 Å².